The Morgan fingerprint density at radius 2 is 2.43 bits per heavy atom. The Morgan fingerprint density at radius 1 is 1.61 bits per heavy atom. The van der Waals surface area contributed by atoms with E-state index in [1.54, 1.807) is 0 Å². The minimum absolute atomic E-state index is 0.108. The van der Waals surface area contributed by atoms with Crippen molar-refractivity contribution in [3.63, 3.8) is 0 Å². The summed E-state index contributed by atoms with van der Waals surface area (Å²) in [5.74, 6) is 0.627. The van der Waals surface area contributed by atoms with E-state index in [1.807, 2.05) is 6.07 Å². The van der Waals surface area contributed by atoms with Crippen LogP contribution in [0.2, 0.25) is 0 Å². The maximum Gasteiger partial charge on any atom is 0.407 e. The van der Waals surface area contributed by atoms with E-state index in [9.17, 15) is 9.59 Å². The number of hydrogen-bond donors (Lipinski definition) is 2. The van der Waals surface area contributed by atoms with Gasteiger partial charge in [-0.1, -0.05) is 0 Å². The highest BCUT2D eigenvalue weighted by Gasteiger charge is 2.27. The molecule has 0 unspecified atom stereocenters. The molecule has 124 valence electrons. The SMILES string of the molecule is COC(=O)NCc1nc(N2CCOC[C@H]2C)cc2c1CNC2=O. The molecule has 2 aliphatic rings. The van der Waals surface area contributed by atoms with Gasteiger partial charge in [-0.05, 0) is 13.0 Å². The number of carbonyl (C=O) groups excluding carboxylic acids is 2. The van der Waals surface area contributed by atoms with E-state index in [0.29, 0.717) is 31.0 Å². The Balaban J connectivity index is 1.93. The van der Waals surface area contributed by atoms with E-state index in [1.165, 1.54) is 7.11 Å². The number of amides is 2. The highest BCUT2D eigenvalue weighted by molar-refractivity contribution is 5.99. The van der Waals surface area contributed by atoms with Crippen LogP contribution in [-0.4, -0.2) is 49.9 Å². The number of anilines is 1. The topological polar surface area (TPSA) is 92.8 Å². The number of ether oxygens (including phenoxy) is 2. The maximum atomic E-state index is 12.0. The second-order valence-corrected chi connectivity index (χ2v) is 5.60. The summed E-state index contributed by atoms with van der Waals surface area (Å²) in [7, 11) is 1.31. The van der Waals surface area contributed by atoms with Gasteiger partial charge in [-0.15, -0.1) is 0 Å². The fourth-order valence-corrected chi connectivity index (χ4v) is 2.86. The summed E-state index contributed by atoms with van der Waals surface area (Å²) < 4.78 is 10.0. The van der Waals surface area contributed by atoms with Gasteiger partial charge in [-0.3, -0.25) is 4.79 Å². The molecule has 1 fully saturated rings. The molecule has 23 heavy (non-hydrogen) atoms. The quantitative estimate of drug-likeness (QED) is 0.838. The second-order valence-electron chi connectivity index (χ2n) is 5.60. The van der Waals surface area contributed by atoms with Crippen LogP contribution < -0.4 is 15.5 Å². The van der Waals surface area contributed by atoms with Crippen LogP contribution in [0.25, 0.3) is 0 Å². The Bertz CT molecular complexity index is 634. The van der Waals surface area contributed by atoms with Gasteiger partial charge in [0, 0.05) is 24.2 Å². The van der Waals surface area contributed by atoms with Crippen molar-refractivity contribution in [1.29, 1.82) is 0 Å². The molecule has 8 nitrogen and oxygen atoms in total. The van der Waals surface area contributed by atoms with Crippen molar-refractivity contribution in [2.24, 2.45) is 0 Å². The van der Waals surface area contributed by atoms with Crippen molar-refractivity contribution in [2.75, 3.05) is 31.8 Å². The van der Waals surface area contributed by atoms with Gasteiger partial charge in [-0.2, -0.15) is 0 Å². The van der Waals surface area contributed by atoms with Gasteiger partial charge >= 0.3 is 6.09 Å². The molecule has 2 amide bonds. The van der Waals surface area contributed by atoms with Gasteiger partial charge in [0.2, 0.25) is 0 Å². The average molecular weight is 320 g/mol. The highest BCUT2D eigenvalue weighted by atomic mass is 16.5. The predicted octanol–water partition coefficient (Wildman–Crippen LogP) is 0.406. The Morgan fingerprint density at radius 3 is 3.17 bits per heavy atom. The van der Waals surface area contributed by atoms with Crippen LogP contribution in [0.5, 0.6) is 0 Å². The lowest BCUT2D eigenvalue weighted by molar-refractivity contribution is 0.0964. The number of carbonyl (C=O) groups is 2. The normalized spacial score (nSPS) is 20.0. The number of pyridine rings is 1. The molecule has 0 spiro atoms. The van der Waals surface area contributed by atoms with E-state index < -0.39 is 6.09 Å². The fourth-order valence-electron chi connectivity index (χ4n) is 2.86. The number of morpholine rings is 1. The van der Waals surface area contributed by atoms with Gasteiger partial charge in [0.25, 0.3) is 5.91 Å². The Kier molecular flexibility index (Phi) is 4.33. The number of rotatable bonds is 3. The molecule has 8 heteroatoms. The molecule has 1 aromatic rings. The third-order valence-electron chi connectivity index (χ3n) is 4.11. The van der Waals surface area contributed by atoms with Gasteiger partial charge in [0.05, 0.1) is 38.6 Å². The molecule has 0 radical (unpaired) electrons. The molecule has 0 bridgehead atoms. The maximum absolute atomic E-state index is 12.0. The molecule has 1 atom stereocenters. The zero-order chi connectivity index (χ0) is 16.4. The van der Waals surface area contributed by atoms with Gasteiger partial charge < -0.3 is 25.0 Å². The van der Waals surface area contributed by atoms with Crippen LogP contribution in [0.15, 0.2) is 6.07 Å². The molecule has 2 aliphatic heterocycles. The van der Waals surface area contributed by atoms with Crippen molar-refractivity contribution in [1.82, 2.24) is 15.6 Å². The van der Waals surface area contributed by atoms with Gasteiger partial charge in [0.1, 0.15) is 5.82 Å². The molecule has 0 aromatic carbocycles. The van der Waals surface area contributed by atoms with Crippen molar-refractivity contribution in [2.45, 2.75) is 26.1 Å². The summed E-state index contributed by atoms with van der Waals surface area (Å²) in [6.45, 7) is 4.68. The first kappa shape index (κ1) is 15.5. The molecular formula is C15H20N4O4. The van der Waals surface area contributed by atoms with Crippen LogP contribution in [0.3, 0.4) is 0 Å². The number of hydrogen-bond acceptors (Lipinski definition) is 6. The lowest BCUT2D eigenvalue weighted by atomic mass is 10.1. The van der Waals surface area contributed by atoms with Crippen LogP contribution in [0, 0.1) is 0 Å². The van der Waals surface area contributed by atoms with Crippen molar-refractivity contribution in [3.8, 4) is 0 Å². The highest BCUT2D eigenvalue weighted by Crippen LogP contribution is 2.26. The van der Waals surface area contributed by atoms with E-state index in [-0.39, 0.29) is 18.5 Å². The zero-order valence-corrected chi connectivity index (χ0v) is 13.2. The Hall–Kier alpha value is -2.35. The largest absolute Gasteiger partial charge is 0.453 e. The molecular weight excluding hydrogens is 300 g/mol. The summed E-state index contributed by atoms with van der Waals surface area (Å²) in [4.78, 5) is 30.1. The van der Waals surface area contributed by atoms with Crippen molar-refractivity contribution < 1.29 is 19.1 Å². The zero-order valence-electron chi connectivity index (χ0n) is 13.2. The van der Waals surface area contributed by atoms with Gasteiger partial charge in [0.15, 0.2) is 0 Å². The number of nitrogens with zero attached hydrogens (tertiary/aromatic N) is 2. The summed E-state index contributed by atoms with van der Waals surface area (Å²) in [6.07, 6.45) is -0.525. The van der Waals surface area contributed by atoms with E-state index in [2.05, 4.69) is 32.2 Å². The number of nitrogens with one attached hydrogen (secondary N) is 2. The lowest BCUT2D eigenvalue weighted by Gasteiger charge is -2.34. The molecule has 2 N–H and O–H groups in total. The molecule has 1 aromatic heterocycles. The van der Waals surface area contributed by atoms with Crippen molar-refractivity contribution in [3.05, 3.63) is 22.9 Å². The smallest absolute Gasteiger partial charge is 0.407 e. The van der Waals surface area contributed by atoms with E-state index >= 15 is 0 Å². The summed E-state index contributed by atoms with van der Waals surface area (Å²) >= 11 is 0. The Labute approximate surface area is 134 Å². The van der Waals surface area contributed by atoms with E-state index in [4.69, 9.17) is 4.74 Å². The van der Waals surface area contributed by atoms with Crippen molar-refractivity contribution >= 4 is 17.8 Å². The molecule has 3 heterocycles. The summed E-state index contributed by atoms with van der Waals surface area (Å²) in [6, 6.07) is 2.00. The van der Waals surface area contributed by atoms with Crippen LogP contribution in [0.1, 0.15) is 28.5 Å². The number of fused-ring (bicyclic) bond motifs is 1. The van der Waals surface area contributed by atoms with Gasteiger partial charge in [-0.25, -0.2) is 9.78 Å². The molecule has 1 saturated heterocycles. The minimum atomic E-state index is -0.525. The second kappa shape index (κ2) is 6.41. The minimum Gasteiger partial charge on any atom is -0.453 e. The number of alkyl carbamates (subject to hydrolysis) is 1. The first-order valence-corrected chi connectivity index (χ1v) is 7.57. The lowest BCUT2D eigenvalue weighted by Crippen LogP contribution is -2.44. The third kappa shape index (κ3) is 3.07. The predicted molar refractivity (Wildman–Crippen MR) is 82.3 cm³/mol. The van der Waals surface area contributed by atoms with E-state index in [0.717, 1.165) is 17.9 Å². The van der Waals surface area contributed by atoms with Crippen LogP contribution >= 0.6 is 0 Å². The molecule has 0 aliphatic carbocycles. The standard InChI is InChI=1S/C15H20N4O4/c1-9-8-23-4-3-19(9)13-5-10-11(6-16-14(10)20)12(18-13)7-17-15(21)22-2/h5,9H,3-4,6-8H2,1-2H3,(H,16,20)(H,17,21)/t9-/m1/s1. The number of methoxy groups -OCH3 is 1. The first-order chi connectivity index (χ1) is 11.1. The molecule has 3 rings (SSSR count). The first-order valence-electron chi connectivity index (χ1n) is 7.57. The summed E-state index contributed by atoms with van der Waals surface area (Å²) in [5, 5.41) is 5.43. The fraction of sp³-hybridized carbons (Fsp3) is 0.533. The number of aromatic nitrogens is 1. The molecule has 0 saturated carbocycles. The third-order valence-corrected chi connectivity index (χ3v) is 4.11. The van der Waals surface area contributed by atoms with Crippen LogP contribution in [-0.2, 0) is 22.6 Å². The summed E-state index contributed by atoms with van der Waals surface area (Å²) in [5.41, 5.74) is 2.13. The average Bonchev–Trinajstić information content (AvgIpc) is 2.94. The van der Waals surface area contributed by atoms with Crippen LogP contribution in [0.4, 0.5) is 10.6 Å². The monoisotopic (exact) mass is 320 g/mol.